The van der Waals surface area contributed by atoms with Crippen LogP contribution in [0.5, 0.6) is 0 Å². The Hall–Kier alpha value is -2.66. The van der Waals surface area contributed by atoms with Crippen molar-refractivity contribution >= 4 is 26.5 Å². The molecule has 1 aliphatic heterocycles. The molecule has 0 aromatic heterocycles. The predicted molar refractivity (Wildman–Crippen MR) is 107 cm³/mol. The average molecular weight is 381 g/mol. The summed E-state index contributed by atoms with van der Waals surface area (Å²) in [7, 11) is -3.66. The van der Waals surface area contributed by atoms with E-state index in [2.05, 4.69) is 6.58 Å². The molecule has 138 valence electrons. The molecular formula is C22H20FNO2S. The lowest BCUT2D eigenvalue weighted by atomic mass is 9.96. The van der Waals surface area contributed by atoms with Gasteiger partial charge in [-0.05, 0) is 72.0 Å². The Morgan fingerprint density at radius 2 is 1.89 bits per heavy atom. The van der Waals surface area contributed by atoms with Crippen molar-refractivity contribution in [1.82, 2.24) is 0 Å². The van der Waals surface area contributed by atoms with E-state index in [1.54, 1.807) is 36.4 Å². The van der Waals surface area contributed by atoms with E-state index in [1.165, 1.54) is 16.4 Å². The third kappa shape index (κ3) is 2.92. The standard InChI is InChI=1S/C22H20FNO2S/c1-3-4-21-20-10-7-18(23)14-17(20)13-16-11-12-24(22(16)21)27(25,26)19-8-5-15(2)6-9-19/h3,5-10,13-14H,1,4,11-12H2,2H3. The van der Waals surface area contributed by atoms with E-state index in [9.17, 15) is 12.8 Å². The molecule has 1 aliphatic rings. The fraction of sp³-hybridized carbons (Fsp3) is 0.182. The Bertz CT molecular complexity index is 1150. The highest BCUT2D eigenvalue weighted by atomic mass is 32.2. The van der Waals surface area contributed by atoms with Crippen LogP contribution >= 0.6 is 0 Å². The molecule has 0 radical (unpaired) electrons. The number of allylic oxidation sites excluding steroid dienone is 1. The van der Waals surface area contributed by atoms with Gasteiger partial charge in [-0.25, -0.2) is 12.8 Å². The van der Waals surface area contributed by atoms with Crippen LogP contribution in [0.4, 0.5) is 10.1 Å². The Balaban J connectivity index is 1.93. The molecule has 0 saturated carbocycles. The number of benzene rings is 3. The van der Waals surface area contributed by atoms with Gasteiger partial charge in [-0.2, -0.15) is 0 Å². The number of aryl methyl sites for hydroxylation is 1. The Labute approximate surface area is 158 Å². The summed E-state index contributed by atoms with van der Waals surface area (Å²) in [6.45, 7) is 6.13. The largest absolute Gasteiger partial charge is 0.265 e. The quantitative estimate of drug-likeness (QED) is 0.611. The van der Waals surface area contributed by atoms with E-state index in [0.29, 0.717) is 19.4 Å². The average Bonchev–Trinajstić information content (AvgIpc) is 3.06. The minimum absolute atomic E-state index is 0.282. The lowest BCUT2D eigenvalue weighted by Gasteiger charge is -2.23. The van der Waals surface area contributed by atoms with Crippen molar-refractivity contribution in [3.8, 4) is 0 Å². The Kier molecular flexibility index (Phi) is 4.27. The van der Waals surface area contributed by atoms with Gasteiger partial charge in [-0.3, -0.25) is 4.31 Å². The first kappa shape index (κ1) is 17.7. The maximum absolute atomic E-state index is 13.7. The van der Waals surface area contributed by atoms with Crippen molar-refractivity contribution in [2.24, 2.45) is 0 Å². The molecule has 1 heterocycles. The van der Waals surface area contributed by atoms with Crippen molar-refractivity contribution in [2.45, 2.75) is 24.7 Å². The van der Waals surface area contributed by atoms with E-state index in [4.69, 9.17) is 0 Å². The highest BCUT2D eigenvalue weighted by molar-refractivity contribution is 7.92. The van der Waals surface area contributed by atoms with E-state index in [1.807, 2.05) is 13.0 Å². The van der Waals surface area contributed by atoms with Crippen LogP contribution in [-0.4, -0.2) is 15.0 Å². The number of sulfonamides is 1. The molecule has 3 aromatic rings. The summed E-state index contributed by atoms with van der Waals surface area (Å²) in [4.78, 5) is 0.282. The highest BCUT2D eigenvalue weighted by Crippen LogP contribution is 2.40. The second-order valence-electron chi connectivity index (χ2n) is 6.86. The van der Waals surface area contributed by atoms with Crippen LogP contribution in [0.1, 0.15) is 16.7 Å². The molecular weight excluding hydrogens is 361 g/mol. The van der Waals surface area contributed by atoms with Crippen LogP contribution in [0.3, 0.4) is 0 Å². The maximum Gasteiger partial charge on any atom is 0.264 e. The van der Waals surface area contributed by atoms with Crippen LogP contribution in [0.2, 0.25) is 0 Å². The van der Waals surface area contributed by atoms with Crippen LogP contribution in [0.25, 0.3) is 10.8 Å². The maximum atomic E-state index is 13.7. The molecule has 3 aromatic carbocycles. The lowest BCUT2D eigenvalue weighted by molar-refractivity contribution is 0.592. The minimum Gasteiger partial charge on any atom is -0.265 e. The van der Waals surface area contributed by atoms with Gasteiger partial charge < -0.3 is 0 Å². The van der Waals surface area contributed by atoms with E-state index < -0.39 is 10.0 Å². The van der Waals surface area contributed by atoms with Crippen LogP contribution in [0, 0.1) is 12.7 Å². The first-order chi connectivity index (χ1) is 12.9. The number of hydrogen-bond acceptors (Lipinski definition) is 2. The summed E-state index contributed by atoms with van der Waals surface area (Å²) in [5, 5.41) is 1.65. The van der Waals surface area contributed by atoms with Gasteiger partial charge in [0, 0.05) is 6.54 Å². The number of nitrogens with zero attached hydrogens (tertiary/aromatic N) is 1. The molecule has 0 fully saturated rings. The van der Waals surface area contributed by atoms with Gasteiger partial charge in [0.1, 0.15) is 5.82 Å². The Morgan fingerprint density at radius 3 is 2.59 bits per heavy atom. The summed E-state index contributed by atoms with van der Waals surface area (Å²) >= 11 is 0. The third-order valence-corrected chi connectivity index (χ3v) is 6.86. The summed E-state index contributed by atoms with van der Waals surface area (Å²) in [6, 6.07) is 13.4. The minimum atomic E-state index is -3.66. The molecule has 4 rings (SSSR count). The second kappa shape index (κ2) is 6.50. The first-order valence-corrected chi connectivity index (χ1v) is 10.3. The molecule has 0 bridgehead atoms. The Morgan fingerprint density at radius 1 is 1.15 bits per heavy atom. The smallest absolute Gasteiger partial charge is 0.264 e. The summed E-state index contributed by atoms with van der Waals surface area (Å²) in [6.07, 6.45) is 2.88. The number of fused-ring (bicyclic) bond motifs is 2. The van der Waals surface area contributed by atoms with Crippen molar-refractivity contribution in [1.29, 1.82) is 0 Å². The van der Waals surface area contributed by atoms with Crippen LogP contribution in [0.15, 0.2) is 66.1 Å². The molecule has 0 atom stereocenters. The molecule has 0 amide bonds. The number of hydrogen-bond donors (Lipinski definition) is 0. The molecule has 0 spiro atoms. The first-order valence-electron chi connectivity index (χ1n) is 8.86. The SMILES string of the molecule is C=CCc1c2c(cc3cc(F)ccc13)CCN2S(=O)(=O)c1ccc(C)cc1. The van der Waals surface area contributed by atoms with Gasteiger partial charge in [-0.15, -0.1) is 6.58 Å². The lowest BCUT2D eigenvalue weighted by Crippen LogP contribution is -2.29. The van der Waals surface area contributed by atoms with E-state index in [-0.39, 0.29) is 10.7 Å². The van der Waals surface area contributed by atoms with E-state index >= 15 is 0 Å². The summed E-state index contributed by atoms with van der Waals surface area (Å²) in [5.74, 6) is -0.297. The fourth-order valence-corrected chi connectivity index (χ4v) is 5.30. The topological polar surface area (TPSA) is 37.4 Å². The van der Waals surface area contributed by atoms with Gasteiger partial charge in [0.15, 0.2) is 0 Å². The monoisotopic (exact) mass is 381 g/mol. The molecule has 0 unspecified atom stereocenters. The van der Waals surface area contributed by atoms with Crippen LogP contribution < -0.4 is 4.31 Å². The number of rotatable bonds is 4. The van der Waals surface area contributed by atoms with Crippen molar-refractivity contribution < 1.29 is 12.8 Å². The summed E-state index contributed by atoms with van der Waals surface area (Å²) in [5.41, 5.74) is 3.54. The molecule has 3 nitrogen and oxygen atoms in total. The normalized spacial score (nSPS) is 13.8. The zero-order chi connectivity index (χ0) is 19.2. The van der Waals surface area contributed by atoms with Crippen LogP contribution in [-0.2, 0) is 22.9 Å². The zero-order valence-corrected chi connectivity index (χ0v) is 15.9. The van der Waals surface area contributed by atoms with Gasteiger partial charge in [0.2, 0.25) is 0 Å². The van der Waals surface area contributed by atoms with Crippen molar-refractivity contribution in [3.05, 3.63) is 83.7 Å². The van der Waals surface area contributed by atoms with Gasteiger partial charge >= 0.3 is 0 Å². The molecule has 0 saturated heterocycles. The molecule has 0 aliphatic carbocycles. The van der Waals surface area contributed by atoms with Crippen molar-refractivity contribution in [2.75, 3.05) is 10.8 Å². The third-order valence-electron chi connectivity index (χ3n) is 5.05. The fourth-order valence-electron chi connectivity index (χ4n) is 3.77. The van der Waals surface area contributed by atoms with E-state index in [0.717, 1.165) is 33.2 Å². The number of anilines is 1. The highest BCUT2D eigenvalue weighted by Gasteiger charge is 2.33. The number of halogens is 1. The molecule has 0 N–H and O–H groups in total. The predicted octanol–water partition coefficient (Wildman–Crippen LogP) is 4.77. The summed E-state index contributed by atoms with van der Waals surface area (Å²) < 4.78 is 41.8. The molecule has 27 heavy (non-hydrogen) atoms. The van der Waals surface area contributed by atoms with Gasteiger partial charge in [0.05, 0.1) is 10.6 Å². The second-order valence-corrected chi connectivity index (χ2v) is 8.72. The van der Waals surface area contributed by atoms with Gasteiger partial charge in [0.25, 0.3) is 10.0 Å². The van der Waals surface area contributed by atoms with Crippen molar-refractivity contribution in [3.63, 3.8) is 0 Å². The zero-order valence-electron chi connectivity index (χ0n) is 15.1. The van der Waals surface area contributed by atoms with Gasteiger partial charge in [-0.1, -0.05) is 29.8 Å². The molecule has 5 heteroatoms.